The Morgan fingerprint density at radius 1 is 1.05 bits per heavy atom. The highest BCUT2D eigenvalue weighted by molar-refractivity contribution is 5.90. The number of aryl methyl sites for hydroxylation is 1. The van der Waals surface area contributed by atoms with E-state index in [-0.39, 0.29) is 17.6 Å². The molecule has 5 N–H and O–H groups in total. The minimum atomic E-state index is -0.694. The van der Waals surface area contributed by atoms with Gasteiger partial charge >= 0.3 is 0 Å². The number of aromatic amines is 1. The van der Waals surface area contributed by atoms with Gasteiger partial charge in [0.15, 0.2) is 0 Å². The number of benzene rings is 2. The number of aromatic nitrogens is 2. The summed E-state index contributed by atoms with van der Waals surface area (Å²) >= 11 is 0. The molecule has 0 spiro atoms. The number of para-hydroxylation sites is 1. The van der Waals surface area contributed by atoms with Crippen molar-refractivity contribution in [1.29, 1.82) is 0 Å². The molecular formula is C29H36FN5O2. The van der Waals surface area contributed by atoms with Gasteiger partial charge in [-0.15, -0.1) is 0 Å². The van der Waals surface area contributed by atoms with E-state index in [1.807, 2.05) is 48.3 Å². The fourth-order valence-electron chi connectivity index (χ4n) is 4.87. The van der Waals surface area contributed by atoms with E-state index in [9.17, 15) is 14.0 Å². The summed E-state index contributed by atoms with van der Waals surface area (Å²) in [6.45, 7) is 1.04. The molecule has 4 rings (SSSR count). The maximum Gasteiger partial charge on any atom is 0.242 e. The van der Waals surface area contributed by atoms with Gasteiger partial charge in [0.2, 0.25) is 11.8 Å². The number of amides is 2. The maximum absolute atomic E-state index is 13.8. The van der Waals surface area contributed by atoms with E-state index in [2.05, 4.69) is 15.6 Å². The molecule has 0 aliphatic heterocycles. The van der Waals surface area contributed by atoms with Crippen molar-refractivity contribution in [3.63, 3.8) is 0 Å². The first-order valence-electron chi connectivity index (χ1n) is 13.0. The van der Waals surface area contributed by atoms with Crippen LogP contribution in [0.5, 0.6) is 0 Å². The molecule has 8 heteroatoms. The molecule has 0 saturated heterocycles. The van der Waals surface area contributed by atoms with Crippen molar-refractivity contribution >= 4 is 33.6 Å². The first kappa shape index (κ1) is 26.4. The van der Waals surface area contributed by atoms with Crippen molar-refractivity contribution in [3.05, 3.63) is 71.8 Å². The standard InChI is InChI=1S/C29H36FN5O2/c1-35-19-20(24-17-22(30)11-12-27(24)35)13-15-32-29(37)26(34-28(36)10-4-2-3-7-14-31)16-21-18-33-25-9-6-5-8-23(21)25/h5-6,8-9,11-12,17-19,26,33H,2-4,7,10,13-16,31H2,1H3,(H,32,37)(H,34,36). The Bertz CT molecular complexity index is 1360. The number of carbonyl (C=O) groups is 2. The van der Waals surface area contributed by atoms with Crippen LogP contribution in [0.3, 0.4) is 0 Å². The third kappa shape index (κ3) is 6.77. The van der Waals surface area contributed by atoms with Crippen molar-refractivity contribution in [2.45, 2.75) is 51.0 Å². The van der Waals surface area contributed by atoms with E-state index in [0.717, 1.165) is 58.6 Å². The lowest BCUT2D eigenvalue weighted by Crippen LogP contribution is -2.48. The van der Waals surface area contributed by atoms with E-state index in [0.29, 0.717) is 32.4 Å². The van der Waals surface area contributed by atoms with E-state index in [4.69, 9.17) is 5.73 Å². The minimum Gasteiger partial charge on any atom is -0.361 e. The molecule has 0 radical (unpaired) electrons. The van der Waals surface area contributed by atoms with Crippen LogP contribution in [0.1, 0.15) is 43.2 Å². The summed E-state index contributed by atoms with van der Waals surface area (Å²) in [7, 11) is 1.92. The molecule has 7 nitrogen and oxygen atoms in total. The molecule has 4 aromatic rings. The van der Waals surface area contributed by atoms with Gasteiger partial charge < -0.3 is 25.9 Å². The summed E-state index contributed by atoms with van der Waals surface area (Å²) in [5, 5.41) is 7.83. The zero-order valence-electron chi connectivity index (χ0n) is 21.4. The molecule has 0 saturated carbocycles. The second kappa shape index (κ2) is 12.5. The van der Waals surface area contributed by atoms with Gasteiger partial charge in [-0.25, -0.2) is 4.39 Å². The zero-order chi connectivity index (χ0) is 26.2. The molecule has 2 heterocycles. The Morgan fingerprint density at radius 2 is 1.86 bits per heavy atom. The van der Waals surface area contributed by atoms with Crippen LogP contribution in [0.2, 0.25) is 0 Å². The molecule has 0 fully saturated rings. The summed E-state index contributed by atoms with van der Waals surface area (Å²) in [5.41, 5.74) is 9.42. The van der Waals surface area contributed by atoms with Crippen molar-refractivity contribution in [3.8, 4) is 0 Å². The van der Waals surface area contributed by atoms with Gasteiger partial charge in [0.1, 0.15) is 11.9 Å². The number of carbonyl (C=O) groups excluding carboxylic acids is 2. The van der Waals surface area contributed by atoms with Crippen LogP contribution in [-0.2, 0) is 29.5 Å². The van der Waals surface area contributed by atoms with Crippen LogP contribution < -0.4 is 16.4 Å². The van der Waals surface area contributed by atoms with Crippen LogP contribution in [0.4, 0.5) is 4.39 Å². The second-order valence-corrected chi connectivity index (χ2v) is 9.60. The summed E-state index contributed by atoms with van der Waals surface area (Å²) in [6.07, 6.45) is 8.85. The summed E-state index contributed by atoms with van der Waals surface area (Å²) in [4.78, 5) is 29.2. The molecule has 1 atom stereocenters. The van der Waals surface area contributed by atoms with E-state index in [1.54, 1.807) is 6.07 Å². The van der Waals surface area contributed by atoms with Crippen LogP contribution in [-0.4, -0.2) is 40.5 Å². The number of fused-ring (bicyclic) bond motifs is 2. The SMILES string of the molecule is Cn1cc(CCNC(=O)C(Cc2c[nH]c3ccccc23)NC(=O)CCCCCCN)c2cc(F)ccc21. The molecule has 0 bridgehead atoms. The predicted octanol–water partition coefficient (Wildman–Crippen LogP) is 4.09. The number of hydrogen-bond donors (Lipinski definition) is 4. The van der Waals surface area contributed by atoms with E-state index in [1.165, 1.54) is 12.1 Å². The lowest BCUT2D eigenvalue weighted by molar-refractivity contribution is -0.129. The van der Waals surface area contributed by atoms with Gasteiger partial charge in [-0.1, -0.05) is 31.0 Å². The Morgan fingerprint density at radius 3 is 2.70 bits per heavy atom. The number of nitrogens with one attached hydrogen (secondary N) is 3. The topological polar surface area (TPSA) is 105 Å². The Labute approximate surface area is 216 Å². The van der Waals surface area contributed by atoms with Crippen LogP contribution >= 0.6 is 0 Å². The summed E-state index contributed by atoms with van der Waals surface area (Å²) < 4.78 is 15.8. The van der Waals surface area contributed by atoms with Gasteiger partial charge in [0.25, 0.3) is 0 Å². The number of hydrogen-bond acceptors (Lipinski definition) is 3. The average molecular weight is 506 g/mol. The van der Waals surface area contributed by atoms with Gasteiger partial charge in [-0.3, -0.25) is 9.59 Å². The van der Waals surface area contributed by atoms with Crippen molar-refractivity contribution in [2.24, 2.45) is 12.8 Å². The average Bonchev–Trinajstić information content (AvgIpc) is 3.43. The number of halogens is 1. The van der Waals surface area contributed by atoms with Crippen molar-refractivity contribution < 1.29 is 14.0 Å². The smallest absolute Gasteiger partial charge is 0.242 e. The molecule has 1 unspecified atom stereocenters. The molecule has 2 amide bonds. The fraction of sp³-hybridized carbons (Fsp3) is 0.379. The third-order valence-corrected chi connectivity index (χ3v) is 6.84. The number of nitrogens with two attached hydrogens (primary N) is 1. The monoisotopic (exact) mass is 505 g/mol. The lowest BCUT2D eigenvalue weighted by atomic mass is 10.0. The molecular weight excluding hydrogens is 469 g/mol. The lowest BCUT2D eigenvalue weighted by Gasteiger charge is -2.18. The molecule has 2 aromatic heterocycles. The number of nitrogens with zero attached hydrogens (tertiary/aromatic N) is 1. The quantitative estimate of drug-likeness (QED) is 0.206. The molecule has 196 valence electrons. The molecule has 0 aliphatic rings. The predicted molar refractivity (Wildman–Crippen MR) is 146 cm³/mol. The number of unbranched alkanes of at least 4 members (excludes halogenated alkanes) is 3. The highest BCUT2D eigenvalue weighted by Crippen LogP contribution is 2.22. The van der Waals surface area contributed by atoms with Crippen LogP contribution in [0, 0.1) is 5.82 Å². The second-order valence-electron chi connectivity index (χ2n) is 9.60. The highest BCUT2D eigenvalue weighted by atomic mass is 19.1. The first-order chi connectivity index (χ1) is 18.0. The van der Waals surface area contributed by atoms with Crippen molar-refractivity contribution in [2.75, 3.05) is 13.1 Å². The van der Waals surface area contributed by atoms with Crippen LogP contribution in [0.25, 0.3) is 21.8 Å². The normalized spacial score (nSPS) is 12.2. The van der Waals surface area contributed by atoms with E-state index < -0.39 is 6.04 Å². The molecule has 37 heavy (non-hydrogen) atoms. The van der Waals surface area contributed by atoms with Crippen molar-refractivity contribution in [1.82, 2.24) is 20.2 Å². The Balaban J connectivity index is 1.41. The number of rotatable bonds is 13. The van der Waals surface area contributed by atoms with E-state index >= 15 is 0 Å². The molecule has 2 aromatic carbocycles. The number of H-pyrrole nitrogens is 1. The Hall–Kier alpha value is -3.65. The fourth-order valence-corrected chi connectivity index (χ4v) is 4.87. The highest BCUT2D eigenvalue weighted by Gasteiger charge is 2.22. The summed E-state index contributed by atoms with van der Waals surface area (Å²) in [6, 6.07) is 12.0. The minimum absolute atomic E-state index is 0.128. The van der Waals surface area contributed by atoms with Gasteiger partial charge in [-0.2, -0.15) is 0 Å². The first-order valence-corrected chi connectivity index (χ1v) is 13.0. The summed E-state index contributed by atoms with van der Waals surface area (Å²) in [5.74, 6) is -0.640. The Kier molecular flexibility index (Phi) is 8.95. The van der Waals surface area contributed by atoms with Gasteiger partial charge in [0, 0.05) is 60.6 Å². The van der Waals surface area contributed by atoms with Gasteiger partial charge in [0.05, 0.1) is 0 Å². The van der Waals surface area contributed by atoms with Crippen LogP contribution in [0.15, 0.2) is 54.9 Å². The molecule has 0 aliphatic carbocycles. The maximum atomic E-state index is 13.8. The largest absolute Gasteiger partial charge is 0.361 e. The third-order valence-electron chi connectivity index (χ3n) is 6.84. The van der Waals surface area contributed by atoms with Gasteiger partial charge in [-0.05, 0) is 61.2 Å². The zero-order valence-corrected chi connectivity index (χ0v) is 21.4.